The number of carbonyl (C=O) groups is 1. The fraction of sp³-hybridized carbons (Fsp3) is 0.0714. The predicted octanol–water partition coefficient (Wildman–Crippen LogP) is 7.65. The fourth-order valence-corrected chi connectivity index (χ4v) is 4.79. The molecule has 2 heterocycles. The van der Waals surface area contributed by atoms with E-state index in [1.165, 1.54) is 23.9 Å². The Balaban J connectivity index is 1.54. The number of para-hydroxylation sites is 2. The second-order valence-electron chi connectivity index (χ2n) is 8.05. The Hall–Kier alpha value is -3.97. The van der Waals surface area contributed by atoms with Gasteiger partial charge in [0.25, 0.3) is 5.91 Å². The smallest absolute Gasteiger partial charge is 0.271 e. The number of amidine groups is 1. The second-order valence-corrected chi connectivity index (χ2v) is 9.06. The topological polar surface area (TPSA) is 45.8 Å². The molecular formula is C28H20F2N2O2S. The summed E-state index contributed by atoms with van der Waals surface area (Å²) in [6.07, 6.45) is 1.61. The third-order valence-corrected chi connectivity index (χ3v) is 6.53. The lowest BCUT2D eigenvalue weighted by Gasteiger charge is -2.16. The van der Waals surface area contributed by atoms with E-state index in [9.17, 15) is 13.6 Å². The van der Waals surface area contributed by atoms with E-state index in [-0.39, 0.29) is 17.2 Å². The van der Waals surface area contributed by atoms with Crippen molar-refractivity contribution < 1.29 is 18.0 Å². The number of benzene rings is 3. The first-order valence-corrected chi connectivity index (χ1v) is 11.7. The van der Waals surface area contributed by atoms with Crippen molar-refractivity contribution in [3.63, 3.8) is 0 Å². The van der Waals surface area contributed by atoms with Crippen molar-refractivity contribution in [3.8, 4) is 11.3 Å². The zero-order valence-corrected chi connectivity index (χ0v) is 19.8. The van der Waals surface area contributed by atoms with Crippen LogP contribution in [0.3, 0.4) is 0 Å². The first-order valence-electron chi connectivity index (χ1n) is 10.9. The monoisotopic (exact) mass is 486 g/mol. The quantitative estimate of drug-likeness (QED) is 0.278. The maximum atomic E-state index is 14.2. The summed E-state index contributed by atoms with van der Waals surface area (Å²) in [6.45, 7) is 3.97. The van der Waals surface area contributed by atoms with E-state index in [0.29, 0.717) is 21.5 Å². The van der Waals surface area contributed by atoms with Gasteiger partial charge in [-0.05, 0) is 73.1 Å². The number of aliphatic imine (C=N–C) groups is 1. The number of halogens is 2. The number of nitrogens with zero attached hydrogens (tertiary/aromatic N) is 2. The van der Waals surface area contributed by atoms with Gasteiger partial charge in [0.1, 0.15) is 23.2 Å². The van der Waals surface area contributed by atoms with Crippen LogP contribution >= 0.6 is 11.8 Å². The van der Waals surface area contributed by atoms with Crippen molar-refractivity contribution in [2.75, 3.05) is 4.90 Å². The van der Waals surface area contributed by atoms with Gasteiger partial charge in [-0.15, -0.1) is 0 Å². The number of thioether (sulfide) groups is 1. The van der Waals surface area contributed by atoms with Crippen LogP contribution in [-0.2, 0) is 4.79 Å². The minimum absolute atomic E-state index is 0.143. The lowest BCUT2D eigenvalue weighted by molar-refractivity contribution is -0.113. The van der Waals surface area contributed by atoms with E-state index in [4.69, 9.17) is 9.41 Å². The molecular weight excluding hydrogens is 466 g/mol. The first kappa shape index (κ1) is 22.8. The van der Waals surface area contributed by atoms with Crippen molar-refractivity contribution in [2.45, 2.75) is 13.8 Å². The van der Waals surface area contributed by atoms with Crippen molar-refractivity contribution in [1.82, 2.24) is 0 Å². The van der Waals surface area contributed by atoms with Gasteiger partial charge in [0.05, 0.1) is 21.8 Å². The summed E-state index contributed by atoms with van der Waals surface area (Å²) in [4.78, 5) is 20.3. The molecule has 0 saturated carbocycles. The Morgan fingerprint density at radius 1 is 0.914 bits per heavy atom. The van der Waals surface area contributed by atoms with Gasteiger partial charge in [0, 0.05) is 12.1 Å². The molecule has 4 nitrogen and oxygen atoms in total. The molecule has 0 spiro atoms. The van der Waals surface area contributed by atoms with Gasteiger partial charge in [-0.3, -0.25) is 9.69 Å². The highest BCUT2D eigenvalue weighted by Crippen LogP contribution is 2.39. The van der Waals surface area contributed by atoms with Gasteiger partial charge in [0.2, 0.25) is 0 Å². The van der Waals surface area contributed by atoms with E-state index < -0.39 is 11.6 Å². The zero-order valence-electron chi connectivity index (χ0n) is 19.0. The third kappa shape index (κ3) is 4.55. The van der Waals surface area contributed by atoms with Crippen molar-refractivity contribution in [3.05, 3.63) is 112 Å². The number of anilines is 1. The SMILES string of the molecule is Cc1cccc(C)c1N=C1S/C(=C\c2ccc(-c3ccc(F)cc3F)o2)C(=O)N1c1ccccc1. The highest BCUT2D eigenvalue weighted by Gasteiger charge is 2.35. The van der Waals surface area contributed by atoms with Gasteiger partial charge >= 0.3 is 0 Å². The summed E-state index contributed by atoms with van der Waals surface area (Å²) in [5.41, 5.74) is 3.68. The van der Waals surface area contributed by atoms with Crippen LogP contribution in [0, 0.1) is 25.5 Å². The molecule has 1 fully saturated rings. The van der Waals surface area contributed by atoms with E-state index in [1.54, 1.807) is 23.1 Å². The van der Waals surface area contributed by atoms with Crippen LogP contribution in [0.2, 0.25) is 0 Å². The van der Waals surface area contributed by atoms with Crippen LogP contribution in [0.5, 0.6) is 0 Å². The predicted molar refractivity (Wildman–Crippen MR) is 137 cm³/mol. The molecule has 0 aliphatic carbocycles. The molecule has 1 saturated heterocycles. The van der Waals surface area contributed by atoms with Crippen LogP contribution in [-0.4, -0.2) is 11.1 Å². The van der Waals surface area contributed by atoms with E-state index in [2.05, 4.69) is 0 Å². The normalized spacial score (nSPS) is 16.0. The largest absolute Gasteiger partial charge is 0.457 e. The zero-order chi connectivity index (χ0) is 24.5. The van der Waals surface area contributed by atoms with E-state index in [1.807, 2.05) is 62.4 Å². The number of amides is 1. The molecule has 0 bridgehead atoms. The second kappa shape index (κ2) is 9.35. The van der Waals surface area contributed by atoms with Crippen LogP contribution in [0.1, 0.15) is 16.9 Å². The summed E-state index contributed by atoms with van der Waals surface area (Å²) in [7, 11) is 0. The summed E-state index contributed by atoms with van der Waals surface area (Å²) >= 11 is 1.24. The Morgan fingerprint density at radius 3 is 2.37 bits per heavy atom. The molecule has 1 aliphatic heterocycles. The molecule has 7 heteroatoms. The molecule has 1 aromatic heterocycles. The number of rotatable bonds is 4. The molecule has 3 aromatic carbocycles. The van der Waals surface area contributed by atoms with Crippen molar-refractivity contribution >= 4 is 40.3 Å². The summed E-state index contributed by atoms with van der Waals surface area (Å²) in [5, 5.41) is 0.529. The molecule has 4 aromatic rings. The lowest BCUT2D eigenvalue weighted by atomic mass is 10.1. The molecule has 174 valence electrons. The first-order chi connectivity index (χ1) is 16.9. The maximum absolute atomic E-state index is 14.2. The van der Waals surface area contributed by atoms with Crippen LogP contribution in [0.25, 0.3) is 17.4 Å². The van der Waals surface area contributed by atoms with Crippen LogP contribution < -0.4 is 4.90 Å². The molecule has 35 heavy (non-hydrogen) atoms. The minimum atomic E-state index is -0.719. The Bertz CT molecular complexity index is 1470. The van der Waals surface area contributed by atoms with Gasteiger partial charge in [-0.2, -0.15) is 0 Å². The van der Waals surface area contributed by atoms with Gasteiger partial charge < -0.3 is 4.42 Å². The number of hydrogen-bond acceptors (Lipinski definition) is 4. The highest BCUT2D eigenvalue weighted by molar-refractivity contribution is 8.19. The highest BCUT2D eigenvalue weighted by atomic mass is 32.2. The standard InChI is InChI=1S/C28H20F2N2O2S/c1-17-7-6-8-18(2)26(17)31-28-32(20-9-4-3-5-10-20)27(33)25(35-28)16-21-12-14-24(34-21)22-13-11-19(29)15-23(22)30/h3-16H,1-2H3/b25-16-,31-28?. The number of carbonyl (C=O) groups excluding carboxylic acids is 1. The summed E-state index contributed by atoms with van der Waals surface area (Å²) < 4.78 is 33.2. The van der Waals surface area contributed by atoms with Crippen molar-refractivity contribution in [2.24, 2.45) is 4.99 Å². The van der Waals surface area contributed by atoms with Gasteiger partial charge in [-0.1, -0.05) is 36.4 Å². The summed E-state index contributed by atoms with van der Waals surface area (Å²) in [5.74, 6) is -1.000. The summed E-state index contributed by atoms with van der Waals surface area (Å²) in [6, 6.07) is 21.8. The Kier molecular flexibility index (Phi) is 6.09. The molecule has 0 atom stereocenters. The minimum Gasteiger partial charge on any atom is -0.457 e. The molecule has 1 amide bonds. The molecule has 0 N–H and O–H groups in total. The van der Waals surface area contributed by atoms with E-state index >= 15 is 0 Å². The van der Waals surface area contributed by atoms with Crippen LogP contribution in [0.15, 0.2) is 93.2 Å². The number of hydrogen-bond donors (Lipinski definition) is 0. The van der Waals surface area contributed by atoms with E-state index in [0.717, 1.165) is 22.9 Å². The average Bonchev–Trinajstić information content (AvgIpc) is 3.41. The lowest BCUT2D eigenvalue weighted by Crippen LogP contribution is -2.28. The van der Waals surface area contributed by atoms with Gasteiger partial charge in [-0.25, -0.2) is 13.8 Å². The van der Waals surface area contributed by atoms with Gasteiger partial charge in [0.15, 0.2) is 5.17 Å². The number of furan rings is 1. The molecule has 1 aliphatic rings. The maximum Gasteiger partial charge on any atom is 0.271 e. The molecule has 0 unspecified atom stereocenters. The Morgan fingerprint density at radius 2 is 1.66 bits per heavy atom. The molecule has 5 rings (SSSR count). The van der Waals surface area contributed by atoms with Crippen LogP contribution in [0.4, 0.5) is 20.2 Å². The fourth-order valence-electron chi connectivity index (χ4n) is 3.82. The third-order valence-electron chi connectivity index (χ3n) is 5.56. The average molecular weight is 487 g/mol. The molecule has 0 radical (unpaired) electrons. The number of aryl methyl sites for hydroxylation is 2. The van der Waals surface area contributed by atoms with Crippen molar-refractivity contribution in [1.29, 1.82) is 0 Å². The Labute approximate surface area is 205 Å².